The number of nitrogens with one attached hydrogen (secondary N) is 1. The summed E-state index contributed by atoms with van der Waals surface area (Å²) in [5.74, 6) is 0. The number of aromatic amines is 1. The molecule has 0 atom stereocenters. The van der Waals surface area contributed by atoms with Crippen molar-refractivity contribution in [2.24, 2.45) is 0 Å². The molecule has 1 aromatic heterocycles. The van der Waals surface area contributed by atoms with Crippen LogP contribution < -0.4 is 10.5 Å². The Hall–Kier alpha value is -1.03. The second-order valence-corrected chi connectivity index (χ2v) is 4.68. The molecule has 0 spiro atoms. The molecule has 2 rings (SSSR count). The summed E-state index contributed by atoms with van der Waals surface area (Å²) in [4.78, 5) is 13.4. The van der Waals surface area contributed by atoms with Gasteiger partial charge in [0.15, 0.2) is 0 Å². The average Bonchev–Trinajstić information content (AvgIpc) is 2.33. The molecule has 0 radical (unpaired) electrons. The molecular weight excluding hydrogens is 226 g/mol. The highest BCUT2D eigenvalue weighted by molar-refractivity contribution is 6.32. The molecule has 1 aliphatic rings. The van der Waals surface area contributed by atoms with Crippen LogP contribution in [0.2, 0.25) is 5.02 Å². The average molecular weight is 242 g/mol. The predicted molar refractivity (Wildman–Crippen MR) is 65.1 cm³/mol. The minimum absolute atomic E-state index is 0.239. The lowest BCUT2D eigenvalue weighted by molar-refractivity contribution is 0.427. The lowest BCUT2D eigenvalue weighted by atomic mass is 9.94. The Labute approximate surface area is 99.6 Å². The number of nitrogens with zero attached hydrogens (tertiary/aromatic N) is 2. The molecule has 5 heteroatoms. The van der Waals surface area contributed by atoms with E-state index in [0.29, 0.717) is 6.04 Å². The fraction of sp³-hybridized carbons (Fsp3) is 0.636. The molecule has 1 saturated carbocycles. The number of hydrogen-bond acceptors (Lipinski definition) is 3. The number of hydrogen-bond donors (Lipinski definition) is 1. The Morgan fingerprint density at radius 3 is 2.81 bits per heavy atom. The zero-order chi connectivity index (χ0) is 11.5. The van der Waals surface area contributed by atoms with Gasteiger partial charge in [-0.15, -0.1) is 0 Å². The summed E-state index contributed by atoms with van der Waals surface area (Å²) in [6.45, 7) is 0. The molecule has 4 nitrogen and oxygen atoms in total. The van der Waals surface area contributed by atoms with Crippen LogP contribution in [0, 0.1) is 0 Å². The van der Waals surface area contributed by atoms with E-state index in [1.54, 1.807) is 6.20 Å². The minimum Gasteiger partial charge on any atom is -0.369 e. The smallest absolute Gasteiger partial charge is 0.285 e. The quantitative estimate of drug-likeness (QED) is 0.864. The summed E-state index contributed by atoms with van der Waals surface area (Å²) >= 11 is 5.98. The summed E-state index contributed by atoms with van der Waals surface area (Å²) in [6.07, 6.45) is 7.77. The molecule has 88 valence electrons. The van der Waals surface area contributed by atoms with Crippen LogP contribution in [0.3, 0.4) is 0 Å². The van der Waals surface area contributed by atoms with Crippen molar-refractivity contribution in [1.29, 1.82) is 0 Å². The van der Waals surface area contributed by atoms with Crippen LogP contribution in [-0.2, 0) is 0 Å². The number of rotatable bonds is 2. The summed E-state index contributed by atoms with van der Waals surface area (Å²) in [5, 5.41) is 6.37. The van der Waals surface area contributed by atoms with Crippen LogP contribution >= 0.6 is 11.6 Å². The molecule has 0 amide bonds. The molecule has 1 heterocycles. The summed E-state index contributed by atoms with van der Waals surface area (Å²) < 4.78 is 0. The van der Waals surface area contributed by atoms with Gasteiger partial charge in [0.05, 0.1) is 11.9 Å². The van der Waals surface area contributed by atoms with Crippen LogP contribution in [0.15, 0.2) is 11.0 Å². The molecule has 1 fully saturated rings. The third-order valence-corrected chi connectivity index (χ3v) is 3.64. The van der Waals surface area contributed by atoms with Crippen LogP contribution in [0.5, 0.6) is 0 Å². The Morgan fingerprint density at radius 1 is 1.44 bits per heavy atom. The van der Waals surface area contributed by atoms with E-state index in [2.05, 4.69) is 15.1 Å². The van der Waals surface area contributed by atoms with E-state index in [9.17, 15) is 4.79 Å². The zero-order valence-corrected chi connectivity index (χ0v) is 10.1. The first-order valence-corrected chi connectivity index (χ1v) is 6.04. The predicted octanol–water partition coefficient (Wildman–Crippen LogP) is 2.19. The highest BCUT2D eigenvalue weighted by Gasteiger charge is 2.20. The first kappa shape index (κ1) is 11.5. The maximum absolute atomic E-state index is 11.4. The molecule has 0 unspecified atom stereocenters. The van der Waals surface area contributed by atoms with Gasteiger partial charge in [0.25, 0.3) is 5.56 Å². The Bertz CT molecular complexity index is 412. The van der Waals surface area contributed by atoms with Gasteiger partial charge in [-0.25, -0.2) is 5.10 Å². The van der Waals surface area contributed by atoms with E-state index >= 15 is 0 Å². The number of halogens is 1. The van der Waals surface area contributed by atoms with Crippen LogP contribution in [0.4, 0.5) is 5.69 Å². The Morgan fingerprint density at radius 2 is 2.12 bits per heavy atom. The maximum atomic E-state index is 11.4. The zero-order valence-electron chi connectivity index (χ0n) is 9.37. The normalized spacial score (nSPS) is 17.4. The fourth-order valence-electron chi connectivity index (χ4n) is 2.29. The van der Waals surface area contributed by atoms with Crippen LogP contribution in [0.1, 0.15) is 32.1 Å². The SMILES string of the molecule is CN(c1cn[nH]c(=O)c1Cl)C1CCCCC1. The van der Waals surface area contributed by atoms with E-state index in [-0.39, 0.29) is 10.6 Å². The van der Waals surface area contributed by atoms with Crippen LogP contribution in [-0.4, -0.2) is 23.3 Å². The standard InChI is InChI=1S/C11H16ClN3O/c1-15(8-5-3-2-4-6-8)9-7-13-14-11(16)10(9)12/h7-8H,2-6H2,1H3,(H,14,16). The Kier molecular flexibility index (Phi) is 3.49. The minimum atomic E-state index is -0.318. The van der Waals surface area contributed by atoms with Crippen LogP contribution in [0.25, 0.3) is 0 Å². The van der Waals surface area contributed by atoms with Gasteiger partial charge in [-0.3, -0.25) is 4.79 Å². The molecule has 0 bridgehead atoms. The first-order valence-electron chi connectivity index (χ1n) is 5.66. The van der Waals surface area contributed by atoms with E-state index < -0.39 is 0 Å². The highest BCUT2D eigenvalue weighted by atomic mass is 35.5. The molecule has 0 aromatic carbocycles. The topological polar surface area (TPSA) is 49.0 Å². The molecule has 16 heavy (non-hydrogen) atoms. The van der Waals surface area contributed by atoms with Crippen molar-refractivity contribution in [3.05, 3.63) is 21.6 Å². The lowest BCUT2D eigenvalue weighted by Gasteiger charge is -2.32. The van der Waals surface area contributed by atoms with Crippen molar-refractivity contribution in [2.75, 3.05) is 11.9 Å². The van der Waals surface area contributed by atoms with E-state index in [1.807, 2.05) is 7.05 Å². The number of H-pyrrole nitrogens is 1. The molecule has 1 aliphatic carbocycles. The van der Waals surface area contributed by atoms with Gasteiger partial charge in [0.2, 0.25) is 0 Å². The number of anilines is 1. The second-order valence-electron chi connectivity index (χ2n) is 4.30. The summed E-state index contributed by atoms with van der Waals surface area (Å²) in [6, 6.07) is 0.481. The maximum Gasteiger partial charge on any atom is 0.285 e. The largest absolute Gasteiger partial charge is 0.369 e. The number of aromatic nitrogens is 2. The van der Waals surface area contributed by atoms with Crippen molar-refractivity contribution in [3.8, 4) is 0 Å². The molecular formula is C11H16ClN3O. The lowest BCUT2D eigenvalue weighted by Crippen LogP contribution is -2.34. The van der Waals surface area contributed by atoms with Crippen molar-refractivity contribution < 1.29 is 0 Å². The van der Waals surface area contributed by atoms with Gasteiger partial charge in [-0.1, -0.05) is 30.9 Å². The van der Waals surface area contributed by atoms with Gasteiger partial charge in [0, 0.05) is 13.1 Å². The van der Waals surface area contributed by atoms with Crippen molar-refractivity contribution >= 4 is 17.3 Å². The van der Waals surface area contributed by atoms with Gasteiger partial charge in [-0.05, 0) is 12.8 Å². The van der Waals surface area contributed by atoms with Crippen molar-refractivity contribution in [1.82, 2.24) is 10.2 Å². The van der Waals surface area contributed by atoms with Gasteiger partial charge >= 0.3 is 0 Å². The van der Waals surface area contributed by atoms with Crippen molar-refractivity contribution in [3.63, 3.8) is 0 Å². The second kappa shape index (κ2) is 4.87. The fourth-order valence-corrected chi connectivity index (χ4v) is 2.51. The van der Waals surface area contributed by atoms with E-state index in [4.69, 9.17) is 11.6 Å². The van der Waals surface area contributed by atoms with E-state index in [1.165, 1.54) is 32.1 Å². The highest BCUT2D eigenvalue weighted by Crippen LogP contribution is 2.28. The third-order valence-electron chi connectivity index (χ3n) is 3.28. The Balaban J connectivity index is 2.22. The molecule has 1 N–H and O–H groups in total. The monoisotopic (exact) mass is 241 g/mol. The van der Waals surface area contributed by atoms with Gasteiger partial charge in [0.1, 0.15) is 5.02 Å². The molecule has 0 saturated heterocycles. The van der Waals surface area contributed by atoms with Gasteiger partial charge < -0.3 is 4.90 Å². The summed E-state index contributed by atoms with van der Waals surface area (Å²) in [5.41, 5.74) is 0.416. The molecule has 1 aromatic rings. The third kappa shape index (κ3) is 2.21. The first-order chi connectivity index (χ1) is 7.70. The molecule has 0 aliphatic heterocycles. The van der Waals surface area contributed by atoms with E-state index in [0.717, 1.165) is 5.69 Å². The summed E-state index contributed by atoms with van der Waals surface area (Å²) in [7, 11) is 1.98. The van der Waals surface area contributed by atoms with Crippen molar-refractivity contribution in [2.45, 2.75) is 38.1 Å². The van der Waals surface area contributed by atoms with Gasteiger partial charge in [-0.2, -0.15) is 5.10 Å².